The molecule has 1 fully saturated rings. The van der Waals surface area contributed by atoms with Gasteiger partial charge in [-0.3, -0.25) is 33.3 Å². The van der Waals surface area contributed by atoms with Crippen LogP contribution in [0.3, 0.4) is 0 Å². The Morgan fingerprint density at radius 2 is 0.625 bits per heavy atom. The first-order valence-corrected chi connectivity index (χ1v) is 49.1. The Balaban J connectivity index is 3.72. The molecule has 2 amide bonds. The van der Waals surface area contributed by atoms with Crippen LogP contribution in [-0.2, 0) is 61.8 Å². The predicted octanol–water partition coefficient (Wildman–Crippen LogP) is 23.9. The highest BCUT2D eigenvalue weighted by Crippen LogP contribution is 2.57. The van der Waals surface area contributed by atoms with E-state index in [1.165, 1.54) is 173 Å². The molecular weight excluding hydrogens is 1440 g/mol. The molecule has 0 saturated carbocycles. The minimum atomic E-state index is -5.93. The van der Waals surface area contributed by atoms with Gasteiger partial charge in [0, 0.05) is 25.8 Å². The van der Waals surface area contributed by atoms with Gasteiger partial charge in [0.1, 0.15) is 36.6 Å². The number of esters is 4. The van der Waals surface area contributed by atoms with E-state index in [1.54, 1.807) is 0 Å². The number of ether oxygens (including phenoxy) is 6. The second-order valence-electron chi connectivity index (χ2n) is 33.4. The fourth-order valence-corrected chi connectivity index (χ4v) is 16.7. The Morgan fingerprint density at radius 1 is 0.366 bits per heavy atom. The molecule has 0 unspecified atom stereocenters. The smallest absolute Gasteiger partial charge is 0.387 e. The summed E-state index contributed by atoms with van der Waals surface area (Å²) in [5.74, 6) is -3.74. The second kappa shape index (κ2) is 75.3. The predicted molar refractivity (Wildman–Crippen MR) is 456 cm³/mol. The molecule has 0 aromatic rings. The Hall–Kier alpha value is -3.19. The van der Waals surface area contributed by atoms with Crippen molar-refractivity contribution in [2.24, 2.45) is 0 Å². The van der Waals surface area contributed by atoms with E-state index in [2.05, 4.69) is 52.2 Å². The van der Waals surface area contributed by atoms with E-state index in [1.807, 2.05) is 0 Å². The van der Waals surface area contributed by atoms with Gasteiger partial charge in [-0.25, -0.2) is 0 Å². The summed E-state index contributed by atoms with van der Waals surface area (Å²) in [5.41, 5.74) is -3.28. The maximum atomic E-state index is 14.9. The molecule has 112 heavy (non-hydrogen) atoms. The highest BCUT2D eigenvalue weighted by atomic mass is 31.2. The molecular formula is C92H175N2O17P. The van der Waals surface area contributed by atoms with E-state index in [4.69, 9.17) is 28.4 Å². The number of hydrogen-bond donors (Lipinski definition) is 6. The molecule has 0 aromatic carbocycles. The molecule has 1 aliphatic heterocycles. The van der Waals surface area contributed by atoms with Gasteiger partial charge in [0.2, 0.25) is 11.8 Å². The monoisotopic (exact) mass is 1610 g/mol. The van der Waals surface area contributed by atoms with Gasteiger partial charge in [0.05, 0.1) is 32.5 Å². The average molecular weight is 1610 g/mol. The summed E-state index contributed by atoms with van der Waals surface area (Å²) in [6, 6.07) is -2.20. The van der Waals surface area contributed by atoms with E-state index in [9.17, 15) is 53.3 Å². The fourth-order valence-electron chi connectivity index (χ4n) is 15.6. The summed E-state index contributed by atoms with van der Waals surface area (Å²) < 4.78 is 51.1. The molecule has 19 nitrogen and oxygen atoms in total. The average Bonchev–Trinajstić information content (AvgIpc) is 0.733. The molecule has 0 spiro atoms. The van der Waals surface area contributed by atoms with Crippen molar-refractivity contribution in [2.45, 2.75) is 533 Å². The van der Waals surface area contributed by atoms with Crippen LogP contribution in [0.4, 0.5) is 0 Å². The van der Waals surface area contributed by atoms with Gasteiger partial charge < -0.3 is 59.1 Å². The normalized spacial score (nSPS) is 17.3. The van der Waals surface area contributed by atoms with Crippen LogP contribution in [0.25, 0.3) is 0 Å². The van der Waals surface area contributed by atoms with Crippen molar-refractivity contribution in [1.82, 2.24) is 10.6 Å². The molecule has 8 atom stereocenters. The third-order valence-electron chi connectivity index (χ3n) is 22.6. The van der Waals surface area contributed by atoms with Crippen molar-refractivity contribution in [1.29, 1.82) is 0 Å². The van der Waals surface area contributed by atoms with Gasteiger partial charge in [0.15, 0.2) is 6.10 Å². The third-order valence-corrected chi connectivity index (χ3v) is 23.9. The molecule has 0 aromatic heterocycles. The standard InChI is InChI=1S/C92H175N2O17P/c1-7-13-19-25-31-37-40-46-52-58-64-70-85(98)107-79(67-61-55-49-43-34-28-22-16-10-4)75-83(96)93-73-74-106-92(112(103,104)105)91(94-84(97)76-80(68-62-56-50-44-35-29-23-17-11-5)108-86(99)71-65-59-53-47-41-38-32-26-20-14-8-2)90(89(102)82(78-95)111-92)110-88(101)77-81(69-63-57-51-45-36-30-24-18-12-6)109-87(100)72-66-60-54-48-42-39-33-27-21-15-9-3/h79-82,89-91,95,102H,7-78H2,1-6H3,(H,93,96)(H,94,97)(H2,103,104,105)/t79-,80-,81-,82-,89+,90+,91-,92+/m1/s1. The number of amides is 2. The van der Waals surface area contributed by atoms with Gasteiger partial charge >= 0.3 is 31.5 Å². The Bertz CT molecular complexity index is 2280. The first-order valence-electron chi connectivity index (χ1n) is 47.4. The molecule has 20 heteroatoms. The minimum Gasteiger partial charge on any atom is -0.462 e. The zero-order valence-corrected chi connectivity index (χ0v) is 73.9. The molecule has 1 aliphatic rings. The van der Waals surface area contributed by atoms with Crippen LogP contribution in [0, 0.1) is 0 Å². The lowest BCUT2D eigenvalue weighted by Gasteiger charge is -2.50. The SMILES string of the molecule is CCCCCCCCCCCCCC(=O)O[C@H](CCCCCCCCCCC)CC(=O)NCCO[C@]1(P(=O)(O)O)O[C@H](CO)[C@H](O)[C@H](OC(=O)C[C@@H](CCCCCCCCCCC)OC(=O)CCCCCCCCCCCCC)[C@H]1NC(=O)C[C@@H](CCCCCCCCCCC)OC(=O)CCCCCCCCCCCCC. The summed E-state index contributed by atoms with van der Waals surface area (Å²) in [5, 5.41) is 28.5. The number of nitrogens with one attached hydrogen (secondary N) is 2. The molecule has 0 aliphatic carbocycles. The highest BCUT2D eigenvalue weighted by molar-refractivity contribution is 7.53. The number of rotatable bonds is 83. The highest BCUT2D eigenvalue weighted by Gasteiger charge is 2.66. The number of aliphatic hydroxyl groups is 2. The summed E-state index contributed by atoms with van der Waals surface area (Å²) in [6.07, 6.45) is 56.9. The van der Waals surface area contributed by atoms with Crippen LogP contribution in [0.5, 0.6) is 0 Å². The summed E-state index contributed by atoms with van der Waals surface area (Å²) in [6.45, 7) is 11.1. The zero-order valence-electron chi connectivity index (χ0n) is 73.0. The number of aliphatic hydroxyl groups excluding tert-OH is 2. The van der Waals surface area contributed by atoms with Crippen LogP contribution in [0.2, 0.25) is 0 Å². The number of carbonyl (C=O) groups excluding carboxylic acids is 6. The lowest BCUT2D eigenvalue weighted by atomic mass is 9.95. The topological polar surface area (TPSA) is 280 Å². The lowest BCUT2D eigenvalue weighted by Crippen LogP contribution is -2.71. The Kier molecular flexibility index (Phi) is 71.8. The number of hydrogen-bond acceptors (Lipinski definition) is 15. The van der Waals surface area contributed by atoms with Crippen molar-refractivity contribution in [3.05, 3.63) is 0 Å². The Labute approximate surface area is 684 Å². The van der Waals surface area contributed by atoms with E-state index >= 15 is 0 Å². The molecule has 0 bridgehead atoms. The van der Waals surface area contributed by atoms with Crippen LogP contribution in [0.15, 0.2) is 0 Å². The van der Waals surface area contributed by atoms with Gasteiger partial charge in [-0.2, -0.15) is 0 Å². The molecule has 660 valence electrons. The number of unbranched alkanes of at least 4 members (excludes halogenated alkanes) is 54. The molecule has 6 N–H and O–H groups in total. The van der Waals surface area contributed by atoms with Gasteiger partial charge in [-0.1, -0.05) is 388 Å². The maximum absolute atomic E-state index is 14.9. The van der Waals surface area contributed by atoms with Crippen molar-refractivity contribution in [2.75, 3.05) is 19.8 Å². The van der Waals surface area contributed by atoms with Crippen LogP contribution < -0.4 is 10.6 Å². The quantitative estimate of drug-likeness (QED) is 0.0143. The van der Waals surface area contributed by atoms with Crippen molar-refractivity contribution >= 4 is 43.3 Å². The minimum absolute atomic E-state index is 0.140. The molecule has 1 rings (SSSR count). The molecule has 0 radical (unpaired) electrons. The van der Waals surface area contributed by atoms with E-state index < -0.39 is 112 Å². The van der Waals surface area contributed by atoms with Crippen molar-refractivity contribution < 1.29 is 81.8 Å². The molecule has 1 saturated heterocycles. The fraction of sp³-hybridized carbons (Fsp3) is 0.935. The van der Waals surface area contributed by atoms with E-state index in [0.717, 1.165) is 180 Å². The summed E-state index contributed by atoms with van der Waals surface area (Å²) >= 11 is 0. The summed E-state index contributed by atoms with van der Waals surface area (Å²) in [7, 11) is -5.93. The van der Waals surface area contributed by atoms with Crippen molar-refractivity contribution in [3.8, 4) is 0 Å². The van der Waals surface area contributed by atoms with Crippen LogP contribution in [-0.4, -0.2) is 124 Å². The zero-order chi connectivity index (χ0) is 82.1. The van der Waals surface area contributed by atoms with Gasteiger partial charge in [-0.15, -0.1) is 0 Å². The first kappa shape index (κ1) is 107. The van der Waals surface area contributed by atoms with E-state index in [0.29, 0.717) is 51.4 Å². The number of carbonyl (C=O) groups is 6. The first-order chi connectivity index (χ1) is 54.4. The Morgan fingerprint density at radius 3 is 0.902 bits per heavy atom. The van der Waals surface area contributed by atoms with Crippen LogP contribution in [0.1, 0.15) is 485 Å². The van der Waals surface area contributed by atoms with E-state index in [-0.39, 0.29) is 38.2 Å². The molecule has 1 heterocycles. The van der Waals surface area contributed by atoms with Gasteiger partial charge in [-0.05, 0) is 57.8 Å². The largest absolute Gasteiger partial charge is 0.462 e. The second-order valence-corrected chi connectivity index (χ2v) is 35.1. The summed E-state index contributed by atoms with van der Waals surface area (Å²) in [4.78, 5) is 108. The third kappa shape index (κ3) is 58.6. The van der Waals surface area contributed by atoms with Crippen molar-refractivity contribution in [3.63, 3.8) is 0 Å². The maximum Gasteiger partial charge on any atom is 0.387 e. The van der Waals surface area contributed by atoms with Gasteiger partial charge in [0.25, 0.3) is 5.53 Å². The van der Waals surface area contributed by atoms with Crippen LogP contribution >= 0.6 is 7.60 Å². The lowest BCUT2D eigenvalue weighted by molar-refractivity contribution is -0.302.